The third kappa shape index (κ3) is 3.94. The van der Waals surface area contributed by atoms with Crippen molar-refractivity contribution in [1.29, 1.82) is 5.26 Å². The number of anilines is 1. The number of amides is 2. The number of benzene rings is 1. The van der Waals surface area contributed by atoms with Crippen molar-refractivity contribution in [3.8, 4) is 6.07 Å². The molecule has 1 saturated heterocycles. The molecule has 0 radical (unpaired) electrons. The first-order valence-electron chi connectivity index (χ1n) is 8.09. The van der Waals surface area contributed by atoms with Gasteiger partial charge in [0.25, 0.3) is 0 Å². The Morgan fingerprint density at radius 2 is 2.00 bits per heavy atom. The summed E-state index contributed by atoms with van der Waals surface area (Å²) in [6.07, 6.45) is 4.01. The number of likely N-dealkylation sites (tertiary alicyclic amines) is 1. The van der Waals surface area contributed by atoms with E-state index in [4.69, 9.17) is 9.68 Å². The molecule has 124 valence electrons. The largest absolute Gasteiger partial charge is 0.468 e. The fourth-order valence-corrected chi connectivity index (χ4v) is 2.94. The number of urea groups is 1. The average Bonchev–Trinajstić information content (AvgIpc) is 3.30. The Morgan fingerprint density at radius 1 is 1.25 bits per heavy atom. The highest BCUT2D eigenvalue weighted by molar-refractivity contribution is 5.89. The topological polar surface area (TPSA) is 81.3 Å². The lowest BCUT2D eigenvalue weighted by Gasteiger charge is -2.26. The van der Waals surface area contributed by atoms with E-state index in [1.54, 1.807) is 30.5 Å². The van der Waals surface area contributed by atoms with E-state index >= 15 is 0 Å². The Kier molecular flexibility index (Phi) is 5.14. The lowest BCUT2D eigenvalue weighted by atomic mass is 10.2. The summed E-state index contributed by atoms with van der Waals surface area (Å²) >= 11 is 0. The molecule has 1 aliphatic rings. The van der Waals surface area contributed by atoms with Crippen molar-refractivity contribution >= 4 is 11.7 Å². The maximum Gasteiger partial charge on any atom is 0.319 e. The van der Waals surface area contributed by atoms with E-state index in [0.717, 1.165) is 18.8 Å². The van der Waals surface area contributed by atoms with Crippen molar-refractivity contribution in [3.63, 3.8) is 0 Å². The molecule has 1 atom stereocenters. The molecule has 1 fully saturated rings. The van der Waals surface area contributed by atoms with E-state index in [-0.39, 0.29) is 12.1 Å². The van der Waals surface area contributed by atoms with Gasteiger partial charge in [-0.05, 0) is 62.3 Å². The summed E-state index contributed by atoms with van der Waals surface area (Å²) in [7, 11) is 0. The van der Waals surface area contributed by atoms with Gasteiger partial charge in [-0.3, -0.25) is 4.90 Å². The Bertz CT molecular complexity index is 698. The lowest BCUT2D eigenvalue weighted by molar-refractivity contribution is 0.207. The van der Waals surface area contributed by atoms with Crippen LogP contribution in [0.15, 0.2) is 47.1 Å². The Balaban J connectivity index is 1.57. The van der Waals surface area contributed by atoms with E-state index in [9.17, 15) is 4.79 Å². The zero-order valence-electron chi connectivity index (χ0n) is 13.4. The van der Waals surface area contributed by atoms with Crippen molar-refractivity contribution in [2.24, 2.45) is 0 Å². The average molecular weight is 324 g/mol. The van der Waals surface area contributed by atoms with Crippen molar-refractivity contribution in [1.82, 2.24) is 10.2 Å². The molecule has 0 spiro atoms. The molecular weight excluding hydrogens is 304 g/mol. The molecule has 1 unspecified atom stereocenters. The van der Waals surface area contributed by atoms with Gasteiger partial charge >= 0.3 is 6.03 Å². The van der Waals surface area contributed by atoms with Crippen LogP contribution in [0.1, 0.15) is 30.2 Å². The van der Waals surface area contributed by atoms with Gasteiger partial charge in [-0.2, -0.15) is 5.26 Å². The fraction of sp³-hybridized carbons (Fsp3) is 0.333. The summed E-state index contributed by atoms with van der Waals surface area (Å²) < 4.78 is 5.54. The molecule has 3 rings (SSSR count). The fourth-order valence-electron chi connectivity index (χ4n) is 2.94. The normalized spacial score (nSPS) is 15.6. The van der Waals surface area contributed by atoms with Crippen LogP contribution in [0.25, 0.3) is 0 Å². The van der Waals surface area contributed by atoms with E-state index in [1.165, 1.54) is 12.8 Å². The molecule has 1 aliphatic heterocycles. The second-order valence-electron chi connectivity index (χ2n) is 5.80. The molecule has 2 amide bonds. The number of hydrogen-bond donors (Lipinski definition) is 2. The predicted molar refractivity (Wildman–Crippen MR) is 90.4 cm³/mol. The van der Waals surface area contributed by atoms with Crippen LogP contribution in [-0.2, 0) is 0 Å². The van der Waals surface area contributed by atoms with Gasteiger partial charge in [-0.25, -0.2) is 4.79 Å². The minimum absolute atomic E-state index is 0.0502. The van der Waals surface area contributed by atoms with Crippen molar-refractivity contribution < 1.29 is 9.21 Å². The van der Waals surface area contributed by atoms with Crippen LogP contribution in [0.5, 0.6) is 0 Å². The standard InChI is InChI=1S/C18H20N4O2/c19-12-14-5-7-15(8-6-14)21-18(23)20-13-16(17-4-3-11-24-17)22-9-1-2-10-22/h3-8,11,16H,1-2,9-10,13H2,(H2,20,21,23). The third-order valence-electron chi connectivity index (χ3n) is 4.18. The first kappa shape index (κ1) is 16.1. The molecule has 2 heterocycles. The summed E-state index contributed by atoms with van der Waals surface area (Å²) in [4.78, 5) is 14.5. The van der Waals surface area contributed by atoms with Crippen molar-refractivity contribution in [3.05, 3.63) is 54.0 Å². The first-order valence-corrected chi connectivity index (χ1v) is 8.09. The van der Waals surface area contributed by atoms with Gasteiger partial charge in [0.15, 0.2) is 0 Å². The zero-order chi connectivity index (χ0) is 16.8. The summed E-state index contributed by atoms with van der Waals surface area (Å²) in [6.45, 7) is 2.52. The van der Waals surface area contributed by atoms with E-state index < -0.39 is 0 Å². The highest BCUT2D eigenvalue weighted by Crippen LogP contribution is 2.24. The summed E-state index contributed by atoms with van der Waals surface area (Å²) in [6, 6.07) is 12.4. The maximum atomic E-state index is 12.1. The summed E-state index contributed by atoms with van der Waals surface area (Å²) in [5, 5.41) is 14.5. The number of nitriles is 1. The van der Waals surface area contributed by atoms with Gasteiger partial charge < -0.3 is 15.1 Å². The van der Waals surface area contributed by atoms with Crippen LogP contribution in [0.3, 0.4) is 0 Å². The lowest BCUT2D eigenvalue weighted by Crippen LogP contribution is -2.38. The Morgan fingerprint density at radius 3 is 2.62 bits per heavy atom. The molecule has 1 aromatic carbocycles. The second-order valence-corrected chi connectivity index (χ2v) is 5.80. The summed E-state index contributed by atoms with van der Waals surface area (Å²) in [5.41, 5.74) is 1.22. The van der Waals surface area contributed by atoms with E-state index in [0.29, 0.717) is 17.8 Å². The predicted octanol–water partition coefficient (Wildman–Crippen LogP) is 3.11. The molecular formula is C18H20N4O2. The van der Waals surface area contributed by atoms with Crippen LogP contribution < -0.4 is 10.6 Å². The van der Waals surface area contributed by atoms with Gasteiger partial charge in [0.1, 0.15) is 5.76 Å². The highest BCUT2D eigenvalue weighted by Gasteiger charge is 2.25. The van der Waals surface area contributed by atoms with Gasteiger partial charge in [0.2, 0.25) is 0 Å². The Hall–Kier alpha value is -2.78. The molecule has 6 heteroatoms. The maximum absolute atomic E-state index is 12.1. The third-order valence-corrected chi connectivity index (χ3v) is 4.18. The SMILES string of the molecule is N#Cc1ccc(NC(=O)NCC(c2ccco2)N2CCCC2)cc1. The Labute approximate surface area is 141 Å². The van der Waals surface area contributed by atoms with Crippen LogP contribution >= 0.6 is 0 Å². The molecule has 24 heavy (non-hydrogen) atoms. The van der Waals surface area contributed by atoms with Gasteiger partial charge in [-0.1, -0.05) is 0 Å². The molecule has 2 aromatic rings. The van der Waals surface area contributed by atoms with Crippen LogP contribution in [0, 0.1) is 11.3 Å². The number of furan rings is 1. The first-order chi connectivity index (χ1) is 11.8. The van der Waals surface area contributed by atoms with E-state index in [1.807, 2.05) is 12.1 Å². The highest BCUT2D eigenvalue weighted by atomic mass is 16.3. The van der Waals surface area contributed by atoms with Crippen molar-refractivity contribution in [2.45, 2.75) is 18.9 Å². The molecule has 2 N–H and O–H groups in total. The van der Waals surface area contributed by atoms with Gasteiger partial charge in [-0.15, -0.1) is 0 Å². The molecule has 0 bridgehead atoms. The van der Waals surface area contributed by atoms with Gasteiger partial charge in [0.05, 0.1) is 23.9 Å². The number of rotatable bonds is 5. The van der Waals surface area contributed by atoms with Crippen LogP contribution in [0.2, 0.25) is 0 Å². The molecule has 6 nitrogen and oxygen atoms in total. The van der Waals surface area contributed by atoms with Gasteiger partial charge in [0, 0.05) is 12.2 Å². The number of carbonyl (C=O) groups is 1. The molecule has 1 aromatic heterocycles. The van der Waals surface area contributed by atoms with E-state index in [2.05, 4.69) is 21.6 Å². The minimum Gasteiger partial charge on any atom is -0.468 e. The number of nitrogens with one attached hydrogen (secondary N) is 2. The number of hydrogen-bond acceptors (Lipinski definition) is 4. The summed E-state index contributed by atoms with van der Waals surface area (Å²) in [5.74, 6) is 0.871. The number of carbonyl (C=O) groups excluding carboxylic acids is 1. The van der Waals surface area contributed by atoms with Crippen LogP contribution in [0.4, 0.5) is 10.5 Å². The molecule has 0 aliphatic carbocycles. The smallest absolute Gasteiger partial charge is 0.319 e. The van der Waals surface area contributed by atoms with Crippen molar-refractivity contribution in [2.75, 3.05) is 25.0 Å². The van der Waals surface area contributed by atoms with Crippen LogP contribution in [-0.4, -0.2) is 30.6 Å². The number of nitrogens with zero attached hydrogens (tertiary/aromatic N) is 2. The molecule has 0 saturated carbocycles. The minimum atomic E-state index is -0.268. The zero-order valence-corrected chi connectivity index (χ0v) is 13.4. The quantitative estimate of drug-likeness (QED) is 0.885. The monoisotopic (exact) mass is 324 g/mol. The second kappa shape index (κ2) is 7.66.